The molecule has 0 aromatic heterocycles. The highest BCUT2D eigenvalue weighted by molar-refractivity contribution is 7.80. The molecule has 0 unspecified atom stereocenters. The molecular formula is C22H34N4OS. The molecule has 6 heteroatoms. The Bertz CT molecular complexity index is 740. The van der Waals surface area contributed by atoms with E-state index in [-0.39, 0.29) is 11.4 Å². The Morgan fingerprint density at radius 3 is 2.54 bits per heavy atom. The van der Waals surface area contributed by atoms with Crippen molar-refractivity contribution in [1.82, 2.24) is 15.1 Å². The second-order valence-electron chi connectivity index (χ2n) is 8.90. The Kier molecular flexibility index (Phi) is 6.18. The average Bonchev–Trinajstić information content (AvgIpc) is 2.62. The molecule has 0 radical (unpaired) electrons. The topological polar surface area (TPSA) is 38.8 Å². The number of benzene rings is 1. The maximum atomic E-state index is 12.8. The Hall–Kier alpha value is -1.82. The zero-order chi connectivity index (χ0) is 20.5. The smallest absolute Gasteiger partial charge is 0.224 e. The minimum atomic E-state index is 0.0290. The van der Waals surface area contributed by atoms with Crippen molar-refractivity contribution in [2.24, 2.45) is 0 Å². The highest BCUT2D eigenvalue weighted by Gasteiger charge is 2.33. The Labute approximate surface area is 175 Å². The number of thiocarbonyl (C=S) groups is 1. The number of amides is 1. The van der Waals surface area contributed by atoms with Gasteiger partial charge in [-0.15, -0.1) is 0 Å². The van der Waals surface area contributed by atoms with Crippen LogP contribution in [0, 0.1) is 13.8 Å². The number of carbonyl (C=O) groups is 1. The predicted molar refractivity (Wildman–Crippen MR) is 120 cm³/mol. The molecule has 2 fully saturated rings. The number of hydrogen-bond donors (Lipinski definition) is 1. The summed E-state index contributed by atoms with van der Waals surface area (Å²) < 4.78 is 0. The molecule has 0 aliphatic carbocycles. The van der Waals surface area contributed by atoms with E-state index < -0.39 is 0 Å². The summed E-state index contributed by atoms with van der Waals surface area (Å²) in [7, 11) is 0. The second-order valence-corrected chi connectivity index (χ2v) is 9.28. The van der Waals surface area contributed by atoms with Gasteiger partial charge in [-0.1, -0.05) is 12.1 Å². The monoisotopic (exact) mass is 402 g/mol. The van der Waals surface area contributed by atoms with Gasteiger partial charge in [0, 0.05) is 56.4 Å². The summed E-state index contributed by atoms with van der Waals surface area (Å²) in [5, 5.41) is 4.17. The van der Waals surface area contributed by atoms with Crippen LogP contribution in [0.5, 0.6) is 0 Å². The third-order valence-corrected chi connectivity index (χ3v) is 6.50. The van der Waals surface area contributed by atoms with Crippen molar-refractivity contribution in [2.45, 2.75) is 59.0 Å². The van der Waals surface area contributed by atoms with Crippen LogP contribution in [0.2, 0.25) is 0 Å². The number of rotatable bonds is 4. The van der Waals surface area contributed by atoms with Gasteiger partial charge in [-0.05, 0) is 70.5 Å². The van der Waals surface area contributed by atoms with Crippen LogP contribution in [0.3, 0.4) is 0 Å². The molecule has 1 atom stereocenters. The SMILES string of the molecule is Cc1cccc(N2CCN(C(=O)CCN3C(=S)NC(C)(C)C[C@@H]3C)CC2)c1C. The Balaban J connectivity index is 1.50. The first-order chi connectivity index (χ1) is 13.2. The quantitative estimate of drug-likeness (QED) is 0.784. The van der Waals surface area contributed by atoms with Crippen LogP contribution in [-0.2, 0) is 4.79 Å². The minimum Gasteiger partial charge on any atom is -0.368 e. The van der Waals surface area contributed by atoms with Crippen LogP contribution in [0.4, 0.5) is 5.69 Å². The van der Waals surface area contributed by atoms with E-state index in [1.807, 2.05) is 4.90 Å². The molecule has 5 nitrogen and oxygen atoms in total. The number of nitrogens with zero attached hydrogens (tertiary/aromatic N) is 3. The highest BCUT2D eigenvalue weighted by atomic mass is 32.1. The van der Waals surface area contributed by atoms with Crippen molar-refractivity contribution in [1.29, 1.82) is 0 Å². The van der Waals surface area contributed by atoms with Gasteiger partial charge in [0.2, 0.25) is 5.91 Å². The van der Waals surface area contributed by atoms with Crippen molar-refractivity contribution >= 4 is 28.9 Å². The van der Waals surface area contributed by atoms with Crippen molar-refractivity contribution in [2.75, 3.05) is 37.6 Å². The molecule has 154 valence electrons. The third kappa shape index (κ3) is 4.59. The lowest BCUT2D eigenvalue weighted by atomic mass is 9.93. The van der Waals surface area contributed by atoms with Gasteiger partial charge in [0.15, 0.2) is 5.11 Å². The van der Waals surface area contributed by atoms with Crippen LogP contribution in [-0.4, -0.2) is 65.1 Å². The van der Waals surface area contributed by atoms with E-state index in [1.54, 1.807) is 0 Å². The van der Waals surface area contributed by atoms with Gasteiger partial charge in [0.05, 0.1) is 0 Å². The van der Waals surface area contributed by atoms with Crippen molar-refractivity contribution in [3.05, 3.63) is 29.3 Å². The molecule has 1 N–H and O–H groups in total. The van der Waals surface area contributed by atoms with Crippen LogP contribution < -0.4 is 10.2 Å². The Morgan fingerprint density at radius 2 is 1.89 bits per heavy atom. The van der Waals surface area contributed by atoms with E-state index in [9.17, 15) is 4.79 Å². The minimum absolute atomic E-state index is 0.0290. The van der Waals surface area contributed by atoms with E-state index in [0.29, 0.717) is 19.0 Å². The first kappa shape index (κ1) is 20.9. The number of carbonyl (C=O) groups excluding carboxylic acids is 1. The second kappa shape index (κ2) is 8.27. The molecule has 2 aliphatic heterocycles. The van der Waals surface area contributed by atoms with E-state index in [4.69, 9.17) is 12.2 Å². The Morgan fingerprint density at radius 1 is 1.21 bits per heavy atom. The predicted octanol–water partition coefficient (Wildman–Crippen LogP) is 3.09. The van der Waals surface area contributed by atoms with Crippen molar-refractivity contribution in [3.8, 4) is 0 Å². The van der Waals surface area contributed by atoms with E-state index >= 15 is 0 Å². The van der Waals surface area contributed by atoms with Gasteiger partial charge in [-0.3, -0.25) is 4.79 Å². The lowest BCUT2D eigenvalue weighted by Gasteiger charge is -2.45. The summed E-state index contributed by atoms with van der Waals surface area (Å²) in [5.41, 5.74) is 3.99. The van der Waals surface area contributed by atoms with Crippen molar-refractivity contribution < 1.29 is 4.79 Å². The fraction of sp³-hybridized carbons (Fsp3) is 0.636. The molecule has 1 amide bonds. The standard InChI is InChI=1S/C22H34N4OS/c1-16-7-6-8-19(18(16)3)24-11-13-25(14-12-24)20(27)9-10-26-17(2)15-22(4,5)23-21(26)28/h6-8,17H,9-15H2,1-5H3,(H,23,28)/t17-/m0/s1. The molecule has 2 heterocycles. The van der Waals surface area contributed by atoms with Gasteiger partial charge >= 0.3 is 0 Å². The first-order valence-corrected chi connectivity index (χ1v) is 10.8. The van der Waals surface area contributed by atoms with Gasteiger partial charge in [-0.2, -0.15) is 0 Å². The number of anilines is 1. The van der Waals surface area contributed by atoms with E-state index in [2.05, 4.69) is 67.9 Å². The van der Waals surface area contributed by atoms with Crippen LogP contribution in [0.25, 0.3) is 0 Å². The lowest BCUT2D eigenvalue weighted by molar-refractivity contribution is -0.131. The summed E-state index contributed by atoms with van der Waals surface area (Å²) in [6.07, 6.45) is 1.55. The first-order valence-electron chi connectivity index (χ1n) is 10.4. The van der Waals surface area contributed by atoms with Crippen molar-refractivity contribution in [3.63, 3.8) is 0 Å². The number of aryl methyl sites for hydroxylation is 1. The van der Waals surface area contributed by atoms with E-state index in [0.717, 1.165) is 37.7 Å². The molecule has 0 spiro atoms. The lowest BCUT2D eigenvalue weighted by Crippen LogP contribution is -2.60. The summed E-state index contributed by atoms with van der Waals surface area (Å²) in [6, 6.07) is 6.82. The average molecular weight is 403 g/mol. The normalized spacial score (nSPS) is 22.2. The third-order valence-electron chi connectivity index (χ3n) is 6.16. The fourth-order valence-corrected chi connectivity index (χ4v) is 4.98. The zero-order valence-electron chi connectivity index (χ0n) is 17.9. The summed E-state index contributed by atoms with van der Waals surface area (Å²) in [5.74, 6) is 0.237. The maximum absolute atomic E-state index is 12.8. The summed E-state index contributed by atoms with van der Waals surface area (Å²) in [4.78, 5) is 19.3. The van der Waals surface area contributed by atoms with E-state index in [1.165, 1.54) is 16.8 Å². The van der Waals surface area contributed by atoms with Gasteiger partial charge in [0.25, 0.3) is 0 Å². The van der Waals surface area contributed by atoms with Gasteiger partial charge in [0.1, 0.15) is 0 Å². The maximum Gasteiger partial charge on any atom is 0.224 e. The summed E-state index contributed by atoms with van der Waals surface area (Å²) in [6.45, 7) is 14.9. The molecule has 0 saturated carbocycles. The molecule has 1 aromatic carbocycles. The summed E-state index contributed by atoms with van der Waals surface area (Å²) >= 11 is 5.54. The number of hydrogen-bond acceptors (Lipinski definition) is 3. The van der Waals surface area contributed by atoms with Gasteiger partial charge < -0.3 is 20.0 Å². The van der Waals surface area contributed by atoms with Crippen LogP contribution in [0.15, 0.2) is 18.2 Å². The molecule has 3 rings (SSSR count). The van der Waals surface area contributed by atoms with Crippen LogP contribution >= 0.6 is 12.2 Å². The number of piperazine rings is 1. The molecule has 2 saturated heterocycles. The molecular weight excluding hydrogens is 368 g/mol. The highest BCUT2D eigenvalue weighted by Crippen LogP contribution is 2.25. The number of nitrogens with one attached hydrogen (secondary N) is 1. The molecule has 1 aromatic rings. The van der Waals surface area contributed by atoms with Gasteiger partial charge in [-0.25, -0.2) is 0 Å². The largest absolute Gasteiger partial charge is 0.368 e. The zero-order valence-corrected chi connectivity index (χ0v) is 18.7. The molecule has 2 aliphatic rings. The molecule has 0 bridgehead atoms. The fourth-order valence-electron chi connectivity index (χ4n) is 4.43. The van der Waals surface area contributed by atoms with Crippen LogP contribution in [0.1, 0.15) is 44.7 Å². The molecule has 28 heavy (non-hydrogen) atoms.